The first-order chi connectivity index (χ1) is 6.51. The van der Waals surface area contributed by atoms with Crippen molar-refractivity contribution >= 4 is 6.01 Å². The van der Waals surface area contributed by atoms with Gasteiger partial charge in [0.25, 0.3) is 0 Å². The first-order valence-corrected chi connectivity index (χ1v) is 3.84. The fraction of sp³-hybridized carbons (Fsp3) is 0.667. The van der Waals surface area contributed by atoms with Crippen LogP contribution in [0.4, 0.5) is 19.2 Å². The summed E-state index contributed by atoms with van der Waals surface area (Å²) < 4.78 is 39.9. The Morgan fingerprint density at radius 1 is 1.36 bits per heavy atom. The summed E-state index contributed by atoms with van der Waals surface area (Å²) in [5.74, 6) is 0.180. The van der Waals surface area contributed by atoms with Gasteiger partial charge in [0.2, 0.25) is 5.89 Å². The van der Waals surface area contributed by atoms with Crippen LogP contribution in [0.15, 0.2) is 4.42 Å². The minimum Gasteiger partial charge on any atom is -0.407 e. The highest BCUT2D eigenvalue weighted by atomic mass is 19.4. The number of hydrogen-bond donors (Lipinski definition) is 2. The number of nitrogens with one attached hydrogen (secondary N) is 1. The Morgan fingerprint density at radius 2 is 2.07 bits per heavy atom. The van der Waals surface area contributed by atoms with Gasteiger partial charge in [-0.3, -0.25) is 0 Å². The summed E-state index contributed by atoms with van der Waals surface area (Å²) in [6, 6.07) is -0.0466. The molecule has 1 heterocycles. The summed E-state index contributed by atoms with van der Waals surface area (Å²) in [6.07, 6.45) is -5.14. The normalized spacial score (nSPS) is 11.7. The van der Waals surface area contributed by atoms with Crippen molar-refractivity contribution in [2.75, 3.05) is 11.9 Å². The number of nitrogens with two attached hydrogens (primary N) is 1. The van der Waals surface area contributed by atoms with Gasteiger partial charge >= 0.3 is 12.2 Å². The van der Waals surface area contributed by atoms with Crippen LogP contribution in [0.3, 0.4) is 0 Å². The molecule has 0 fully saturated rings. The Balaban J connectivity index is 2.31. The monoisotopic (exact) mass is 210 g/mol. The summed E-state index contributed by atoms with van der Waals surface area (Å²) in [5.41, 5.74) is 5.16. The summed E-state index contributed by atoms with van der Waals surface area (Å²) in [4.78, 5) is 0. The van der Waals surface area contributed by atoms with Crippen LogP contribution >= 0.6 is 0 Å². The van der Waals surface area contributed by atoms with Gasteiger partial charge in [0.1, 0.15) is 0 Å². The molecule has 3 N–H and O–H groups in total. The van der Waals surface area contributed by atoms with E-state index in [1.807, 2.05) is 0 Å². The van der Waals surface area contributed by atoms with Crippen molar-refractivity contribution in [2.45, 2.75) is 19.1 Å². The molecule has 1 rings (SSSR count). The van der Waals surface area contributed by atoms with E-state index >= 15 is 0 Å². The van der Waals surface area contributed by atoms with Crippen LogP contribution in [0.2, 0.25) is 0 Å². The van der Waals surface area contributed by atoms with Gasteiger partial charge in [-0.25, -0.2) is 0 Å². The van der Waals surface area contributed by atoms with Crippen molar-refractivity contribution in [2.24, 2.45) is 5.73 Å². The molecular weight excluding hydrogens is 201 g/mol. The van der Waals surface area contributed by atoms with E-state index in [9.17, 15) is 13.2 Å². The molecule has 80 valence electrons. The van der Waals surface area contributed by atoms with Gasteiger partial charge in [-0.15, -0.1) is 5.10 Å². The molecule has 0 radical (unpaired) electrons. The van der Waals surface area contributed by atoms with E-state index in [-0.39, 0.29) is 25.0 Å². The van der Waals surface area contributed by atoms with E-state index in [1.165, 1.54) is 0 Å². The van der Waals surface area contributed by atoms with Gasteiger partial charge in [0, 0.05) is 6.54 Å². The van der Waals surface area contributed by atoms with E-state index in [4.69, 9.17) is 10.2 Å². The van der Waals surface area contributed by atoms with Crippen LogP contribution in [-0.2, 0) is 6.54 Å². The molecule has 0 atom stereocenters. The first-order valence-electron chi connectivity index (χ1n) is 3.84. The minimum atomic E-state index is -4.19. The van der Waals surface area contributed by atoms with Gasteiger partial charge in [0.15, 0.2) is 0 Å². The van der Waals surface area contributed by atoms with Crippen molar-refractivity contribution in [1.82, 2.24) is 10.2 Å². The van der Waals surface area contributed by atoms with E-state index < -0.39 is 12.6 Å². The molecule has 0 aliphatic carbocycles. The summed E-state index contributed by atoms with van der Waals surface area (Å²) >= 11 is 0. The highest BCUT2D eigenvalue weighted by Crippen LogP contribution is 2.19. The second-order valence-electron chi connectivity index (χ2n) is 2.50. The molecule has 5 nitrogen and oxygen atoms in total. The quantitative estimate of drug-likeness (QED) is 0.771. The zero-order valence-electron chi connectivity index (χ0n) is 7.14. The van der Waals surface area contributed by atoms with Crippen molar-refractivity contribution in [1.29, 1.82) is 0 Å². The highest BCUT2D eigenvalue weighted by molar-refractivity contribution is 5.16. The zero-order chi connectivity index (χ0) is 10.6. The number of alkyl halides is 3. The summed E-state index contributed by atoms with van der Waals surface area (Å²) in [5, 5.41) is 9.24. The fourth-order valence-corrected chi connectivity index (χ4v) is 0.719. The van der Waals surface area contributed by atoms with Gasteiger partial charge in [-0.2, -0.15) is 13.2 Å². The van der Waals surface area contributed by atoms with Crippen molar-refractivity contribution in [3.8, 4) is 0 Å². The predicted molar refractivity (Wildman–Crippen MR) is 41.4 cm³/mol. The molecular formula is C6H9F3N4O. The van der Waals surface area contributed by atoms with Crippen LogP contribution in [0, 0.1) is 0 Å². The van der Waals surface area contributed by atoms with Crippen LogP contribution < -0.4 is 11.1 Å². The molecule has 0 unspecified atom stereocenters. The summed E-state index contributed by atoms with van der Waals surface area (Å²) in [6.45, 7) is -0.232. The Labute approximate surface area is 77.5 Å². The number of nitrogens with zero attached hydrogens (tertiary/aromatic N) is 2. The van der Waals surface area contributed by atoms with Gasteiger partial charge < -0.3 is 15.5 Å². The lowest BCUT2D eigenvalue weighted by atomic mass is 10.4. The van der Waals surface area contributed by atoms with Gasteiger partial charge in [0.05, 0.1) is 13.0 Å². The Morgan fingerprint density at radius 3 is 2.57 bits per heavy atom. The third-order valence-electron chi connectivity index (χ3n) is 1.33. The number of halogens is 3. The minimum absolute atomic E-state index is 0.0466. The van der Waals surface area contributed by atoms with E-state index in [1.54, 1.807) is 0 Å². The molecule has 0 bridgehead atoms. The van der Waals surface area contributed by atoms with Crippen LogP contribution in [0.5, 0.6) is 0 Å². The molecule has 0 amide bonds. The fourth-order valence-electron chi connectivity index (χ4n) is 0.719. The van der Waals surface area contributed by atoms with E-state index in [0.717, 1.165) is 0 Å². The third-order valence-corrected chi connectivity index (χ3v) is 1.33. The molecule has 1 aromatic heterocycles. The Kier molecular flexibility index (Phi) is 3.28. The number of rotatable bonds is 4. The maximum Gasteiger partial charge on any atom is 0.390 e. The molecule has 14 heavy (non-hydrogen) atoms. The zero-order valence-corrected chi connectivity index (χ0v) is 7.14. The van der Waals surface area contributed by atoms with Crippen molar-refractivity contribution in [3.05, 3.63) is 5.89 Å². The maximum atomic E-state index is 11.7. The van der Waals surface area contributed by atoms with Crippen LogP contribution in [0.25, 0.3) is 0 Å². The molecule has 1 aromatic rings. The topological polar surface area (TPSA) is 77.0 Å². The molecule has 0 saturated heterocycles. The lowest BCUT2D eigenvalue weighted by Crippen LogP contribution is -2.14. The van der Waals surface area contributed by atoms with E-state index in [2.05, 4.69) is 15.5 Å². The first kappa shape index (κ1) is 10.8. The molecule has 0 aliphatic rings. The third kappa shape index (κ3) is 3.60. The van der Waals surface area contributed by atoms with Crippen molar-refractivity contribution in [3.63, 3.8) is 0 Å². The van der Waals surface area contributed by atoms with Gasteiger partial charge in [-0.1, -0.05) is 5.10 Å². The highest BCUT2D eigenvalue weighted by Gasteiger charge is 2.26. The second kappa shape index (κ2) is 4.27. The lowest BCUT2D eigenvalue weighted by molar-refractivity contribution is -0.131. The number of hydrogen-bond acceptors (Lipinski definition) is 5. The molecule has 0 saturated carbocycles. The number of aromatic nitrogens is 2. The molecule has 0 aromatic carbocycles. The number of anilines is 1. The second-order valence-corrected chi connectivity index (χ2v) is 2.50. The molecule has 8 heteroatoms. The predicted octanol–water partition coefficient (Wildman–Crippen LogP) is 0.893. The maximum absolute atomic E-state index is 11.7. The van der Waals surface area contributed by atoms with Crippen LogP contribution in [-0.4, -0.2) is 22.9 Å². The Hall–Kier alpha value is -1.31. The van der Waals surface area contributed by atoms with Crippen LogP contribution in [0.1, 0.15) is 12.3 Å². The molecule has 0 aliphatic heterocycles. The average Bonchev–Trinajstić information content (AvgIpc) is 2.50. The van der Waals surface area contributed by atoms with E-state index in [0.29, 0.717) is 0 Å². The Bertz CT molecular complexity index is 285. The SMILES string of the molecule is NCc1nnc(NCCC(F)(F)F)o1. The molecule has 0 spiro atoms. The average molecular weight is 210 g/mol. The standard InChI is InChI=1S/C6H9F3N4O/c7-6(8,9)1-2-11-5-13-12-4(3-10)14-5/h1-3,10H2,(H,11,13). The van der Waals surface area contributed by atoms with Crippen molar-refractivity contribution < 1.29 is 17.6 Å². The van der Waals surface area contributed by atoms with Gasteiger partial charge in [-0.05, 0) is 0 Å². The summed E-state index contributed by atoms with van der Waals surface area (Å²) in [7, 11) is 0. The largest absolute Gasteiger partial charge is 0.407 e. The smallest absolute Gasteiger partial charge is 0.390 e. The lowest BCUT2D eigenvalue weighted by Gasteiger charge is -2.04.